The number of ether oxygens (including phenoxy) is 1. The molecular formula is C15H15F2NO. The molecular weight excluding hydrogens is 248 g/mol. The number of halogens is 2. The number of hydrogen-bond acceptors (Lipinski definition) is 2. The van der Waals surface area contributed by atoms with Crippen molar-refractivity contribution in [1.82, 2.24) is 0 Å². The molecule has 2 aromatic rings. The Morgan fingerprint density at radius 1 is 1.05 bits per heavy atom. The summed E-state index contributed by atoms with van der Waals surface area (Å²) in [5, 5.41) is 0. The van der Waals surface area contributed by atoms with Crippen molar-refractivity contribution >= 4 is 0 Å². The van der Waals surface area contributed by atoms with E-state index in [0.717, 1.165) is 11.1 Å². The van der Waals surface area contributed by atoms with Crippen molar-refractivity contribution in [2.45, 2.75) is 13.3 Å². The van der Waals surface area contributed by atoms with Gasteiger partial charge < -0.3 is 10.5 Å². The standard InChI is InChI=1S/C15H15F2NO/c1-10-2-4-12(16)9-15(10)19-14-5-3-11(6-7-18)8-13(14)17/h2-5,8-9H,6-7,18H2,1H3. The fourth-order valence-electron chi connectivity index (χ4n) is 1.75. The van der Waals surface area contributed by atoms with Crippen LogP contribution in [0.25, 0.3) is 0 Å². The van der Waals surface area contributed by atoms with E-state index in [1.54, 1.807) is 19.1 Å². The Labute approximate surface area is 110 Å². The summed E-state index contributed by atoms with van der Waals surface area (Å²) in [7, 11) is 0. The van der Waals surface area contributed by atoms with Crippen LogP contribution >= 0.6 is 0 Å². The Hall–Kier alpha value is -1.94. The van der Waals surface area contributed by atoms with Gasteiger partial charge in [-0.05, 0) is 49.2 Å². The van der Waals surface area contributed by atoms with Gasteiger partial charge in [0.05, 0.1) is 0 Å². The number of benzene rings is 2. The van der Waals surface area contributed by atoms with Crippen molar-refractivity contribution in [2.24, 2.45) is 5.73 Å². The molecule has 0 bridgehead atoms. The average molecular weight is 263 g/mol. The van der Waals surface area contributed by atoms with Gasteiger partial charge in [0.25, 0.3) is 0 Å². The smallest absolute Gasteiger partial charge is 0.165 e. The highest BCUT2D eigenvalue weighted by Crippen LogP contribution is 2.28. The minimum Gasteiger partial charge on any atom is -0.454 e. The SMILES string of the molecule is Cc1ccc(F)cc1Oc1ccc(CCN)cc1F. The van der Waals surface area contributed by atoms with Crippen molar-refractivity contribution in [3.8, 4) is 11.5 Å². The minimum absolute atomic E-state index is 0.0782. The summed E-state index contributed by atoms with van der Waals surface area (Å²) >= 11 is 0. The van der Waals surface area contributed by atoms with Crippen molar-refractivity contribution in [3.63, 3.8) is 0 Å². The minimum atomic E-state index is -0.477. The van der Waals surface area contributed by atoms with Gasteiger partial charge in [0.2, 0.25) is 0 Å². The molecule has 0 aliphatic rings. The lowest BCUT2D eigenvalue weighted by Gasteiger charge is -2.10. The summed E-state index contributed by atoms with van der Waals surface area (Å²) in [6.45, 7) is 2.23. The van der Waals surface area contributed by atoms with E-state index in [2.05, 4.69) is 0 Å². The van der Waals surface area contributed by atoms with Crippen LogP contribution in [0.5, 0.6) is 11.5 Å². The molecule has 0 aliphatic heterocycles. The second kappa shape index (κ2) is 5.80. The topological polar surface area (TPSA) is 35.2 Å². The molecule has 0 atom stereocenters. The molecule has 0 aromatic heterocycles. The zero-order valence-electron chi connectivity index (χ0n) is 10.6. The molecule has 0 fully saturated rings. The number of rotatable bonds is 4. The van der Waals surface area contributed by atoms with Crippen LogP contribution in [0.2, 0.25) is 0 Å². The Kier molecular flexibility index (Phi) is 4.12. The fourth-order valence-corrected chi connectivity index (χ4v) is 1.75. The maximum absolute atomic E-state index is 13.8. The van der Waals surface area contributed by atoms with Gasteiger partial charge in [-0.3, -0.25) is 0 Å². The van der Waals surface area contributed by atoms with Crippen molar-refractivity contribution in [1.29, 1.82) is 0 Å². The van der Waals surface area contributed by atoms with Crippen molar-refractivity contribution in [2.75, 3.05) is 6.54 Å². The largest absolute Gasteiger partial charge is 0.454 e. The van der Waals surface area contributed by atoms with Gasteiger partial charge >= 0.3 is 0 Å². The first-order chi connectivity index (χ1) is 9.10. The van der Waals surface area contributed by atoms with Crippen LogP contribution in [-0.2, 0) is 6.42 Å². The Bertz CT molecular complexity index is 584. The molecule has 0 unspecified atom stereocenters. The van der Waals surface area contributed by atoms with E-state index in [-0.39, 0.29) is 5.75 Å². The molecule has 2 N–H and O–H groups in total. The molecule has 0 aliphatic carbocycles. The highest BCUT2D eigenvalue weighted by Gasteiger charge is 2.08. The van der Waals surface area contributed by atoms with E-state index in [1.165, 1.54) is 24.3 Å². The van der Waals surface area contributed by atoms with Crippen LogP contribution in [0.15, 0.2) is 36.4 Å². The van der Waals surface area contributed by atoms with Crippen LogP contribution in [0.1, 0.15) is 11.1 Å². The van der Waals surface area contributed by atoms with Crippen molar-refractivity contribution < 1.29 is 13.5 Å². The molecule has 0 heterocycles. The lowest BCUT2D eigenvalue weighted by Crippen LogP contribution is -2.03. The maximum atomic E-state index is 13.8. The third-order valence-corrected chi connectivity index (χ3v) is 2.80. The van der Waals surface area contributed by atoms with Gasteiger partial charge in [0, 0.05) is 6.07 Å². The zero-order valence-corrected chi connectivity index (χ0v) is 10.6. The molecule has 19 heavy (non-hydrogen) atoms. The van der Waals surface area contributed by atoms with Gasteiger partial charge in [0.15, 0.2) is 11.6 Å². The van der Waals surface area contributed by atoms with Crippen LogP contribution in [-0.4, -0.2) is 6.54 Å². The predicted molar refractivity (Wildman–Crippen MR) is 70.4 cm³/mol. The van der Waals surface area contributed by atoms with E-state index in [0.29, 0.717) is 18.7 Å². The molecule has 0 saturated heterocycles. The summed E-state index contributed by atoms with van der Waals surface area (Å²) < 4.78 is 32.4. The number of nitrogens with two attached hydrogens (primary N) is 1. The maximum Gasteiger partial charge on any atom is 0.165 e. The lowest BCUT2D eigenvalue weighted by molar-refractivity contribution is 0.435. The van der Waals surface area contributed by atoms with Gasteiger partial charge in [0.1, 0.15) is 11.6 Å². The Balaban J connectivity index is 2.25. The van der Waals surface area contributed by atoms with E-state index < -0.39 is 11.6 Å². The summed E-state index contributed by atoms with van der Waals surface area (Å²) in [6.07, 6.45) is 0.607. The zero-order chi connectivity index (χ0) is 13.8. The predicted octanol–water partition coefficient (Wildman–Crippen LogP) is 3.57. The highest BCUT2D eigenvalue weighted by atomic mass is 19.1. The molecule has 0 radical (unpaired) electrons. The van der Waals surface area contributed by atoms with Crippen LogP contribution in [0, 0.1) is 18.6 Å². The molecule has 0 amide bonds. The quantitative estimate of drug-likeness (QED) is 0.915. The van der Waals surface area contributed by atoms with Gasteiger partial charge in [-0.1, -0.05) is 12.1 Å². The van der Waals surface area contributed by atoms with Crippen molar-refractivity contribution in [3.05, 3.63) is 59.2 Å². The van der Waals surface area contributed by atoms with Gasteiger partial charge in [-0.25, -0.2) is 8.78 Å². The molecule has 2 aromatic carbocycles. The van der Waals surface area contributed by atoms with Gasteiger partial charge in [-0.2, -0.15) is 0 Å². The second-order valence-corrected chi connectivity index (χ2v) is 4.32. The van der Waals surface area contributed by atoms with Crippen LogP contribution in [0.3, 0.4) is 0 Å². The van der Waals surface area contributed by atoms with E-state index in [1.807, 2.05) is 0 Å². The first kappa shape index (κ1) is 13.5. The Morgan fingerprint density at radius 3 is 2.53 bits per heavy atom. The monoisotopic (exact) mass is 263 g/mol. The molecule has 100 valence electrons. The molecule has 0 spiro atoms. The molecule has 2 rings (SSSR count). The highest BCUT2D eigenvalue weighted by molar-refractivity contribution is 5.39. The van der Waals surface area contributed by atoms with Gasteiger partial charge in [-0.15, -0.1) is 0 Å². The van der Waals surface area contributed by atoms with E-state index in [9.17, 15) is 8.78 Å². The molecule has 0 saturated carbocycles. The number of hydrogen-bond donors (Lipinski definition) is 1. The van der Waals surface area contributed by atoms with Crippen LogP contribution in [0.4, 0.5) is 8.78 Å². The molecule has 4 heteroatoms. The summed E-state index contributed by atoms with van der Waals surface area (Å²) in [4.78, 5) is 0. The fraction of sp³-hybridized carbons (Fsp3) is 0.200. The van der Waals surface area contributed by atoms with Crippen LogP contribution < -0.4 is 10.5 Å². The first-order valence-electron chi connectivity index (χ1n) is 6.02. The van der Waals surface area contributed by atoms with E-state index in [4.69, 9.17) is 10.5 Å². The normalized spacial score (nSPS) is 10.5. The third-order valence-electron chi connectivity index (χ3n) is 2.80. The first-order valence-corrected chi connectivity index (χ1v) is 6.02. The third kappa shape index (κ3) is 3.29. The second-order valence-electron chi connectivity index (χ2n) is 4.32. The average Bonchev–Trinajstić information content (AvgIpc) is 2.37. The summed E-state index contributed by atoms with van der Waals surface area (Å²) in [5.41, 5.74) is 6.96. The number of aryl methyl sites for hydroxylation is 1. The summed E-state index contributed by atoms with van der Waals surface area (Å²) in [6, 6.07) is 8.83. The lowest BCUT2D eigenvalue weighted by atomic mass is 10.1. The summed E-state index contributed by atoms with van der Waals surface area (Å²) in [5.74, 6) is -0.504. The Morgan fingerprint density at radius 2 is 1.84 bits per heavy atom. The molecule has 2 nitrogen and oxygen atoms in total. The van der Waals surface area contributed by atoms with E-state index >= 15 is 0 Å².